The van der Waals surface area contributed by atoms with Gasteiger partial charge in [-0.3, -0.25) is 4.79 Å². The number of amides is 2. The van der Waals surface area contributed by atoms with Crippen LogP contribution in [0.3, 0.4) is 0 Å². The van der Waals surface area contributed by atoms with Gasteiger partial charge in [0.05, 0.1) is 20.5 Å². The third-order valence-electron chi connectivity index (χ3n) is 5.35. The number of fused-ring (bicyclic) bond motifs is 2. The molecule has 1 spiro atoms. The van der Waals surface area contributed by atoms with E-state index in [2.05, 4.69) is 42.9 Å². The van der Waals surface area contributed by atoms with E-state index in [1.165, 1.54) is 16.7 Å². The predicted octanol–water partition coefficient (Wildman–Crippen LogP) is 2.55. The number of piperidine rings is 1. The first-order valence-electron chi connectivity index (χ1n) is 8.50. The van der Waals surface area contributed by atoms with Crippen LogP contribution in [-0.2, 0) is 5.41 Å². The van der Waals surface area contributed by atoms with E-state index in [1.807, 2.05) is 12.3 Å². The average molecular weight is 499 g/mol. The van der Waals surface area contributed by atoms with Crippen molar-refractivity contribution in [1.29, 1.82) is 0 Å². The zero-order valence-corrected chi connectivity index (χ0v) is 17.6. The first-order chi connectivity index (χ1) is 12.9. The van der Waals surface area contributed by atoms with Crippen molar-refractivity contribution in [3.8, 4) is 11.4 Å². The predicted molar refractivity (Wildman–Crippen MR) is 109 cm³/mol. The van der Waals surface area contributed by atoms with Crippen LogP contribution in [0.4, 0.5) is 4.79 Å². The van der Waals surface area contributed by atoms with Gasteiger partial charge in [0.25, 0.3) is 5.91 Å². The second kappa shape index (κ2) is 6.97. The Kier molecular flexibility index (Phi) is 4.78. The van der Waals surface area contributed by atoms with Crippen molar-refractivity contribution in [2.75, 3.05) is 25.9 Å². The second-order valence-corrected chi connectivity index (χ2v) is 8.58. The largest absolute Gasteiger partial charge is 0.465 e. The lowest BCUT2D eigenvalue weighted by atomic mass is 9.72. The number of carbonyl (C=O) groups excluding carboxylic acids is 1. The summed E-state index contributed by atoms with van der Waals surface area (Å²) in [6.07, 6.45) is 4.08. The zero-order valence-electron chi connectivity index (χ0n) is 14.6. The number of nitrogens with zero attached hydrogens (tertiary/aromatic N) is 3. The van der Waals surface area contributed by atoms with Crippen molar-refractivity contribution in [1.82, 2.24) is 25.2 Å². The fourth-order valence-electron chi connectivity index (χ4n) is 3.82. The van der Waals surface area contributed by atoms with E-state index in [1.54, 1.807) is 6.20 Å². The van der Waals surface area contributed by atoms with Crippen LogP contribution in [0.1, 0.15) is 28.9 Å². The number of carboxylic acid groups (broad SMARTS) is 1. The molecule has 0 saturated carbocycles. The van der Waals surface area contributed by atoms with E-state index in [-0.39, 0.29) is 11.3 Å². The molecule has 4 heterocycles. The van der Waals surface area contributed by atoms with Gasteiger partial charge in [-0.15, -0.1) is 0 Å². The molecule has 2 aliphatic rings. The lowest BCUT2D eigenvalue weighted by Gasteiger charge is -2.43. The first kappa shape index (κ1) is 18.5. The van der Waals surface area contributed by atoms with Gasteiger partial charge in [-0.1, -0.05) is 11.8 Å². The van der Waals surface area contributed by atoms with Gasteiger partial charge in [-0.2, -0.15) is 0 Å². The van der Waals surface area contributed by atoms with E-state index in [0.717, 1.165) is 20.7 Å². The number of likely N-dealkylation sites (tertiary alicyclic amines) is 1. The maximum absolute atomic E-state index is 12.6. The number of aromatic amines is 1. The standard InChI is InChI=1S/C17H18IN5O3S/c1-27-15-19-5-2-9(21-15)12-11(18)10-13(22-12)17(8-20-14(10)24)3-6-23(7-4-17)16(25)26/h2,5,22H,3-4,6-8H2,1H3,(H,20,24)(H,25,26). The molecule has 8 nitrogen and oxygen atoms in total. The van der Waals surface area contributed by atoms with Crippen molar-refractivity contribution >= 4 is 46.4 Å². The van der Waals surface area contributed by atoms with Gasteiger partial charge in [-0.05, 0) is 47.8 Å². The summed E-state index contributed by atoms with van der Waals surface area (Å²) in [5.41, 5.74) is 2.85. The van der Waals surface area contributed by atoms with Crippen LogP contribution in [0.25, 0.3) is 11.4 Å². The van der Waals surface area contributed by atoms with Crippen molar-refractivity contribution in [3.63, 3.8) is 0 Å². The number of rotatable bonds is 2. The number of H-pyrrole nitrogens is 1. The summed E-state index contributed by atoms with van der Waals surface area (Å²) in [6, 6.07) is 1.83. The molecule has 2 aliphatic heterocycles. The van der Waals surface area contributed by atoms with Crippen LogP contribution in [0, 0.1) is 3.57 Å². The third-order valence-corrected chi connectivity index (χ3v) is 6.99. The number of aromatic nitrogens is 3. The van der Waals surface area contributed by atoms with Gasteiger partial charge in [0.1, 0.15) is 0 Å². The average Bonchev–Trinajstić information content (AvgIpc) is 3.04. The number of hydrogen-bond acceptors (Lipinski definition) is 5. The van der Waals surface area contributed by atoms with E-state index in [9.17, 15) is 14.7 Å². The molecular weight excluding hydrogens is 481 g/mol. The first-order valence-corrected chi connectivity index (χ1v) is 10.8. The summed E-state index contributed by atoms with van der Waals surface area (Å²) in [7, 11) is 0. The monoisotopic (exact) mass is 499 g/mol. The highest BCUT2D eigenvalue weighted by Gasteiger charge is 2.45. The van der Waals surface area contributed by atoms with E-state index in [4.69, 9.17) is 0 Å². The van der Waals surface area contributed by atoms with Crippen LogP contribution < -0.4 is 5.32 Å². The molecule has 3 N–H and O–H groups in total. The molecule has 0 aliphatic carbocycles. The highest BCUT2D eigenvalue weighted by atomic mass is 127. The molecule has 2 aromatic rings. The van der Waals surface area contributed by atoms with Crippen LogP contribution in [0.15, 0.2) is 17.4 Å². The quantitative estimate of drug-likeness (QED) is 0.333. The normalized spacial score (nSPS) is 18.3. The van der Waals surface area contributed by atoms with Gasteiger partial charge in [0.2, 0.25) is 0 Å². The molecule has 0 aromatic carbocycles. The molecule has 2 aromatic heterocycles. The van der Waals surface area contributed by atoms with Gasteiger partial charge < -0.3 is 20.3 Å². The molecule has 0 bridgehead atoms. The second-order valence-electron chi connectivity index (χ2n) is 6.73. The van der Waals surface area contributed by atoms with Crippen LogP contribution in [-0.4, -0.2) is 62.8 Å². The Morgan fingerprint density at radius 3 is 2.81 bits per heavy atom. The molecule has 2 amide bonds. The van der Waals surface area contributed by atoms with Gasteiger partial charge in [-0.25, -0.2) is 14.8 Å². The Morgan fingerprint density at radius 1 is 1.41 bits per heavy atom. The highest BCUT2D eigenvalue weighted by molar-refractivity contribution is 14.1. The topological polar surface area (TPSA) is 111 Å². The summed E-state index contributed by atoms with van der Waals surface area (Å²) in [5.74, 6) is -0.0951. The summed E-state index contributed by atoms with van der Waals surface area (Å²) < 4.78 is 0.839. The molecule has 1 saturated heterocycles. The minimum absolute atomic E-state index is 0.0951. The number of thioether (sulfide) groups is 1. The molecule has 27 heavy (non-hydrogen) atoms. The van der Waals surface area contributed by atoms with Crippen LogP contribution in [0.5, 0.6) is 0 Å². The number of hydrogen-bond donors (Lipinski definition) is 3. The van der Waals surface area contributed by atoms with Gasteiger partial charge >= 0.3 is 6.09 Å². The lowest BCUT2D eigenvalue weighted by molar-refractivity contribution is 0.0863. The number of halogens is 1. The Balaban J connectivity index is 1.78. The number of nitrogens with one attached hydrogen (secondary N) is 2. The molecule has 0 unspecified atom stereocenters. The molecule has 10 heteroatoms. The minimum Gasteiger partial charge on any atom is -0.465 e. The number of carbonyl (C=O) groups is 2. The summed E-state index contributed by atoms with van der Waals surface area (Å²) in [5, 5.41) is 12.9. The fraction of sp³-hybridized carbons (Fsp3) is 0.412. The molecule has 0 atom stereocenters. The smallest absolute Gasteiger partial charge is 0.407 e. The van der Waals surface area contributed by atoms with E-state index < -0.39 is 6.09 Å². The molecule has 4 rings (SSSR count). The van der Waals surface area contributed by atoms with Gasteiger partial charge in [0.15, 0.2) is 5.16 Å². The maximum atomic E-state index is 12.6. The minimum atomic E-state index is -0.891. The maximum Gasteiger partial charge on any atom is 0.407 e. The van der Waals surface area contributed by atoms with Crippen LogP contribution >= 0.6 is 34.4 Å². The summed E-state index contributed by atoms with van der Waals surface area (Å²) >= 11 is 3.66. The summed E-state index contributed by atoms with van der Waals surface area (Å²) in [6.45, 7) is 1.43. The van der Waals surface area contributed by atoms with Gasteiger partial charge in [0, 0.05) is 36.9 Å². The zero-order chi connectivity index (χ0) is 19.2. The third kappa shape index (κ3) is 3.08. The van der Waals surface area contributed by atoms with Crippen molar-refractivity contribution in [2.24, 2.45) is 0 Å². The fourth-order valence-corrected chi connectivity index (χ4v) is 5.10. The van der Waals surface area contributed by atoms with E-state index >= 15 is 0 Å². The van der Waals surface area contributed by atoms with E-state index in [0.29, 0.717) is 43.2 Å². The Morgan fingerprint density at radius 2 is 2.15 bits per heavy atom. The Labute approximate surface area is 173 Å². The van der Waals surface area contributed by atoms with Crippen molar-refractivity contribution in [2.45, 2.75) is 23.4 Å². The highest BCUT2D eigenvalue weighted by Crippen LogP contribution is 2.42. The van der Waals surface area contributed by atoms with Crippen molar-refractivity contribution in [3.05, 3.63) is 27.1 Å². The lowest BCUT2D eigenvalue weighted by Crippen LogP contribution is -2.53. The van der Waals surface area contributed by atoms with Crippen molar-refractivity contribution < 1.29 is 14.7 Å². The Bertz CT molecular complexity index is 923. The molecule has 0 radical (unpaired) electrons. The van der Waals surface area contributed by atoms with Crippen LogP contribution in [0.2, 0.25) is 0 Å². The molecule has 1 fully saturated rings. The SMILES string of the molecule is CSc1nccc(-c2[nH]c3c(c2I)C(=O)NCC32CCN(C(=O)O)CC2)n1. The Hall–Kier alpha value is -1.82. The summed E-state index contributed by atoms with van der Waals surface area (Å²) in [4.78, 5) is 37.5. The molecular formula is C17H18IN5O3S. The molecule has 142 valence electrons.